The van der Waals surface area contributed by atoms with E-state index in [2.05, 4.69) is 5.43 Å². The van der Waals surface area contributed by atoms with E-state index in [0.29, 0.717) is 12.1 Å². The van der Waals surface area contributed by atoms with Crippen LogP contribution in [0.3, 0.4) is 0 Å². The van der Waals surface area contributed by atoms with Gasteiger partial charge in [-0.15, -0.1) is 0 Å². The van der Waals surface area contributed by atoms with Crippen LogP contribution < -0.4 is 10.4 Å². The Kier molecular flexibility index (Phi) is 8.11. The number of carbonyl (C=O) groups excluding carboxylic acids is 2. The molecule has 1 aliphatic rings. The summed E-state index contributed by atoms with van der Waals surface area (Å²) < 4.78 is 0. The molecular weight excluding hydrogens is 328 g/mol. The molecule has 2 amide bonds. The molecule has 8 nitrogen and oxygen atoms in total. The Hall–Kier alpha value is -2.90. The van der Waals surface area contributed by atoms with Gasteiger partial charge in [0.2, 0.25) is 0 Å². The molecule has 25 heavy (non-hydrogen) atoms. The topological polar surface area (TPSA) is 124 Å². The number of anilines is 1. The average Bonchev–Trinajstić information content (AvgIpc) is 2.87. The minimum atomic E-state index is -1.08. The highest BCUT2D eigenvalue weighted by Gasteiger charge is 2.39. The molecule has 136 valence electrons. The lowest BCUT2D eigenvalue weighted by Crippen LogP contribution is -2.35. The molecule has 1 aromatic rings. The standard InChI is InChI=1S/C13H16N2O2.C4H6O4/c1-2-3-9-11-12(16)14-15(13(11)17)10-7-5-4-6-8-10;5-3(6)1-2-4(7)8/h4-8,11H,2-3,9H2,1H3,(H,14,16);1-2H2,(H,5,6)(H,7,8). The first kappa shape index (κ1) is 20.1. The van der Waals surface area contributed by atoms with Crippen LogP contribution in [0, 0.1) is 5.92 Å². The van der Waals surface area contributed by atoms with Gasteiger partial charge in [-0.1, -0.05) is 38.0 Å². The predicted molar refractivity (Wildman–Crippen MR) is 89.6 cm³/mol. The summed E-state index contributed by atoms with van der Waals surface area (Å²) in [4.78, 5) is 43.0. The molecule has 0 aliphatic carbocycles. The molecule has 0 bridgehead atoms. The van der Waals surface area contributed by atoms with Gasteiger partial charge in [-0.25, -0.2) is 5.01 Å². The molecule has 1 saturated heterocycles. The second-order valence-electron chi connectivity index (χ2n) is 5.47. The van der Waals surface area contributed by atoms with Crippen LogP contribution >= 0.6 is 0 Å². The largest absolute Gasteiger partial charge is 0.481 e. The quantitative estimate of drug-likeness (QED) is 0.644. The predicted octanol–water partition coefficient (Wildman–Crippen LogP) is 1.81. The van der Waals surface area contributed by atoms with Crippen molar-refractivity contribution in [3.63, 3.8) is 0 Å². The summed E-state index contributed by atoms with van der Waals surface area (Å²) in [6.07, 6.45) is 1.92. The summed E-state index contributed by atoms with van der Waals surface area (Å²) in [7, 11) is 0. The van der Waals surface area contributed by atoms with Crippen LogP contribution in [0.15, 0.2) is 30.3 Å². The molecule has 1 heterocycles. The van der Waals surface area contributed by atoms with Crippen molar-refractivity contribution in [2.75, 3.05) is 5.01 Å². The monoisotopic (exact) mass is 350 g/mol. The van der Waals surface area contributed by atoms with Crippen LogP contribution in [0.1, 0.15) is 39.0 Å². The summed E-state index contributed by atoms with van der Waals surface area (Å²) >= 11 is 0. The number of nitrogens with zero attached hydrogens (tertiary/aromatic N) is 1. The number of carbonyl (C=O) groups is 4. The number of hydrazine groups is 1. The van der Waals surface area contributed by atoms with Crippen LogP contribution in [-0.4, -0.2) is 34.0 Å². The summed E-state index contributed by atoms with van der Waals surface area (Å²) in [5.74, 6) is -3.00. The fraction of sp³-hybridized carbons (Fsp3) is 0.412. The summed E-state index contributed by atoms with van der Waals surface area (Å²) in [6, 6.07) is 9.17. The molecule has 8 heteroatoms. The maximum absolute atomic E-state index is 12.1. The highest BCUT2D eigenvalue weighted by atomic mass is 16.4. The van der Waals surface area contributed by atoms with Crippen LogP contribution in [-0.2, 0) is 19.2 Å². The van der Waals surface area contributed by atoms with Crippen molar-refractivity contribution in [2.45, 2.75) is 39.0 Å². The third-order valence-electron chi connectivity index (χ3n) is 3.47. The van der Waals surface area contributed by atoms with Gasteiger partial charge < -0.3 is 10.2 Å². The molecular formula is C17H22N2O6. The lowest BCUT2D eigenvalue weighted by atomic mass is 10.0. The molecule has 1 aliphatic heterocycles. The Morgan fingerprint density at radius 2 is 1.64 bits per heavy atom. The van der Waals surface area contributed by atoms with Crippen LogP contribution in [0.4, 0.5) is 5.69 Å². The Labute approximate surface area is 145 Å². The lowest BCUT2D eigenvalue weighted by Gasteiger charge is -2.14. The van der Waals surface area contributed by atoms with E-state index in [0.717, 1.165) is 12.8 Å². The zero-order valence-corrected chi connectivity index (χ0v) is 14.0. The van der Waals surface area contributed by atoms with E-state index in [1.54, 1.807) is 12.1 Å². The molecule has 1 unspecified atom stereocenters. The van der Waals surface area contributed by atoms with Crippen LogP contribution in [0.5, 0.6) is 0 Å². The van der Waals surface area contributed by atoms with E-state index in [9.17, 15) is 19.2 Å². The third kappa shape index (κ3) is 6.62. The van der Waals surface area contributed by atoms with E-state index < -0.39 is 17.9 Å². The number of nitrogens with one attached hydrogen (secondary N) is 1. The van der Waals surface area contributed by atoms with Gasteiger partial charge in [0.05, 0.1) is 18.5 Å². The van der Waals surface area contributed by atoms with Gasteiger partial charge in [0.15, 0.2) is 0 Å². The zero-order valence-electron chi connectivity index (χ0n) is 14.0. The third-order valence-corrected chi connectivity index (χ3v) is 3.47. The van der Waals surface area contributed by atoms with Crippen molar-refractivity contribution in [3.8, 4) is 0 Å². The van der Waals surface area contributed by atoms with Crippen molar-refractivity contribution in [2.24, 2.45) is 5.92 Å². The number of para-hydroxylation sites is 1. The number of carboxylic acids is 2. The molecule has 1 fully saturated rings. The smallest absolute Gasteiger partial charge is 0.303 e. The van der Waals surface area contributed by atoms with Crippen molar-refractivity contribution >= 4 is 29.4 Å². The highest BCUT2D eigenvalue weighted by molar-refractivity contribution is 6.14. The van der Waals surface area contributed by atoms with Gasteiger partial charge in [0.1, 0.15) is 5.92 Å². The van der Waals surface area contributed by atoms with Gasteiger partial charge in [-0.2, -0.15) is 0 Å². The minimum absolute atomic E-state index is 0.144. The number of hydrogen-bond acceptors (Lipinski definition) is 4. The first-order valence-corrected chi connectivity index (χ1v) is 8.00. The van der Waals surface area contributed by atoms with E-state index in [1.165, 1.54) is 5.01 Å². The van der Waals surface area contributed by atoms with E-state index >= 15 is 0 Å². The summed E-state index contributed by atoms with van der Waals surface area (Å²) in [6.45, 7) is 2.05. The maximum Gasteiger partial charge on any atom is 0.303 e. The summed E-state index contributed by atoms with van der Waals surface area (Å²) in [5.41, 5.74) is 3.34. The molecule has 1 aromatic carbocycles. The fourth-order valence-corrected chi connectivity index (χ4v) is 2.16. The maximum atomic E-state index is 12.1. The molecule has 2 rings (SSSR count). The van der Waals surface area contributed by atoms with E-state index in [-0.39, 0.29) is 24.7 Å². The Balaban J connectivity index is 0.000000333. The molecule has 0 saturated carbocycles. The Morgan fingerprint density at radius 1 is 1.08 bits per heavy atom. The Morgan fingerprint density at radius 3 is 2.12 bits per heavy atom. The number of aliphatic carboxylic acids is 2. The minimum Gasteiger partial charge on any atom is -0.481 e. The molecule has 3 N–H and O–H groups in total. The van der Waals surface area contributed by atoms with Gasteiger partial charge in [-0.3, -0.25) is 24.6 Å². The van der Waals surface area contributed by atoms with Gasteiger partial charge in [-0.05, 0) is 18.6 Å². The van der Waals surface area contributed by atoms with Crippen LogP contribution in [0.25, 0.3) is 0 Å². The number of amides is 2. The van der Waals surface area contributed by atoms with Crippen molar-refractivity contribution in [3.05, 3.63) is 30.3 Å². The number of hydrogen-bond donors (Lipinski definition) is 3. The van der Waals surface area contributed by atoms with Crippen molar-refractivity contribution in [1.82, 2.24) is 5.43 Å². The van der Waals surface area contributed by atoms with Gasteiger partial charge in [0.25, 0.3) is 11.8 Å². The lowest BCUT2D eigenvalue weighted by molar-refractivity contribution is -0.143. The second-order valence-corrected chi connectivity index (χ2v) is 5.47. The average molecular weight is 350 g/mol. The highest BCUT2D eigenvalue weighted by Crippen LogP contribution is 2.22. The van der Waals surface area contributed by atoms with Gasteiger partial charge >= 0.3 is 11.9 Å². The van der Waals surface area contributed by atoms with Crippen LogP contribution in [0.2, 0.25) is 0 Å². The van der Waals surface area contributed by atoms with Crippen molar-refractivity contribution in [1.29, 1.82) is 0 Å². The van der Waals surface area contributed by atoms with Gasteiger partial charge in [0, 0.05) is 0 Å². The molecule has 0 aromatic heterocycles. The SMILES string of the molecule is CCCCC1C(=O)NN(c2ccccc2)C1=O.O=C(O)CCC(=O)O. The first-order valence-electron chi connectivity index (χ1n) is 8.00. The number of carboxylic acid groups (broad SMARTS) is 2. The van der Waals surface area contributed by atoms with Crippen molar-refractivity contribution < 1.29 is 29.4 Å². The summed E-state index contributed by atoms with van der Waals surface area (Å²) in [5, 5.41) is 17.1. The number of unbranched alkanes of at least 4 members (excludes halogenated alkanes) is 1. The molecule has 1 atom stereocenters. The zero-order chi connectivity index (χ0) is 18.8. The first-order chi connectivity index (χ1) is 11.9. The molecule has 0 spiro atoms. The molecule has 0 radical (unpaired) electrons. The Bertz CT molecular complexity index is 603. The van der Waals surface area contributed by atoms with E-state index in [4.69, 9.17) is 10.2 Å². The normalized spacial score (nSPS) is 16.0. The number of rotatable bonds is 7. The number of benzene rings is 1. The second kappa shape index (κ2) is 10.1. The fourth-order valence-electron chi connectivity index (χ4n) is 2.16. The van der Waals surface area contributed by atoms with E-state index in [1.807, 2.05) is 25.1 Å².